The highest BCUT2D eigenvalue weighted by Gasteiger charge is 2.26. The summed E-state index contributed by atoms with van der Waals surface area (Å²) >= 11 is 0. The van der Waals surface area contributed by atoms with E-state index in [0.29, 0.717) is 38.4 Å². The lowest BCUT2D eigenvalue weighted by atomic mass is 10.2. The van der Waals surface area contributed by atoms with Gasteiger partial charge in [0.25, 0.3) is 0 Å². The largest absolute Gasteiger partial charge is 0.366 e. The van der Waals surface area contributed by atoms with Crippen LogP contribution < -0.4 is 9.80 Å². The van der Waals surface area contributed by atoms with Crippen LogP contribution in [0.2, 0.25) is 0 Å². The van der Waals surface area contributed by atoms with Crippen LogP contribution in [0, 0.1) is 12.7 Å². The van der Waals surface area contributed by atoms with Crippen molar-refractivity contribution in [2.24, 2.45) is 0 Å². The standard InChI is InChI=1S/C22H26FN3O2/c1-3-26(18-8-6-7-17(2)15-18)22(28)16-21(27)25-13-11-24(12-14-25)20-10-5-4-9-19(20)23/h4-10,15H,3,11-14,16H2,1-2H3. The molecule has 0 aliphatic carbocycles. The quantitative estimate of drug-likeness (QED) is 0.745. The summed E-state index contributed by atoms with van der Waals surface area (Å²) in [4.78, 5) is 30.6. The van der Waals surface area contributed by atoms with Crippen molar-refractivity contribution in [3.63, 3.8) is 0 Å². The maximum atomic E-state index is 13.9. The molecule has 2 aromatic carbocycles. The van der Waals surface area contributed by atoms with Crippen LogP contribution in [0.4, 0.5) is 15.8 Å². The average molecular weight is 383 g/mol. The molecule has 0 aromatic heterocycles. The second-order valence-electron chi connectivity index (χ2n) is 6.97. The van der Waals surface area contributed by atoms with Gasteiger partial charge in [-0.05, 0) is 43.7 Å². The molecule has 28 heavy (non-hydrogen) atoms. The number of hydrogen-bond donors (Lipinski definition) is 0. The minimum Gasteiger partial charge on any atom is -0.366 e. The maximum Gasteiger partial charge on any atom is 0.236 e. The fourth-order valence-electron chi connectivity index (χ4n) is 3.54. The molecule has 1 aliphatic rings. The Balaban J connectivity index is 1.58. The van der Waals surface area contributed by atoms with Crippen molar-refractivity contribution in [3.8, 4) is 0 Å². The van der Waals surface area contributed by atoms with Crippen LogP contribution in [-0.2, 0) is 9.59 Å². The number of anilines is 2. The van der Waals surface area contributed by atoms with Gasteiger partial charge in [-0.25, -0.2) is 4.39 Å². The van der Waals surface area contributed by atoms with Crippen molar-refractivity contribution >= 4 is 23.2 Å². The Hall–Kier alpha value is -2.89. The first-order valence-corrected chi connectivity index (χ1v) is 9.64. The van der Waals surface area contributed by atoms with Gasteiger partial charge in [-0.1, -0.05) is 24.3 Å². The van der Waals surface area contributed by atoms with Gasteiger partial charge in [-0.15, -0.1) is 0 Å². The summed E-state index contributed by atoms with van der Waals surface area (Å²) in [6.07, 6.45) is -0.151. The smallest absolute Gasteiger partial charge is 0.236 e. The number of amides is 2. The number of nitrogens with zero attached hydrogens (tertiary/aromatic N) is 3. The lowest BCUT2D eigenvalue weighted by molar-refractivity contribution is -0.135. The molecule has 2 aromatic rings. The molecule has 0 N–H and O–H groups in total. The lowest BCUT2D eigenvalue weighted by Crippen LogP contribution is -2.50. The third kappa shape index (κ3) is 4.50. The van der Waals surface area contributed by atoms with E-state index in [4.69, 9.17) is 0 Å². The summed E-state index contributed by atoms with van der Waals surface area (Å²) in [7, 11) is 0. The number of benzene rings is 2. The number of carbonyl (C=O) groups excluding carboxylic acids is 2. The first-order chi connectivity index (χ1) is 13.5. The second-order valence-corrected chi connectivity index (χ2v) is 6.97. The highest BCUT2D eigenvalue weighted by molar-refractivity contribution is 6.05. The van der Waals surface area contributed by atoms with Crippen LogP contribution in [0.3, 0.4) is 0 Å². The zero-order valence-corrected chi connectivity index (χ0v) is 16.4. The van der Waals surface area contributed by atoms with E-state index in [0.717, 1.165) is 11.3 Å². The Kier molecular flexibility index (Phi) is 6.29. The first kappa shape index (κ1) is 19.9. The van der Waals surface area contributed by atoms with Crippen LogP contribution >= 0.6 is 0 Å². The van der Waals surface area contributed by atoms with Crippen molar-refractivity contribution in [2.75, 3.05) is 42.5 Å². The summed E-state index contributed by atoms with van der Waals surface area (Å²) in [6, 6.07) is 14.4. The Bertz CT molecular complexity index is 847. The van der Waals surface area contributed by atoms with Crippen molar-refractivity contribution in [1.82, 2.24) is 4.90 Å². The van der Waals surface area contributed by atoms with Crippen LogP contribution in [0.25, 0.3) is 0 Å². The molecule has 0 spiro atoms. The number of rotatable bonds is 5. The average Bonchev–Trinajstić information content (AvgIpc) is 2.69. The normalized spacial score (nSPS) is 14.1. The SMILES string of the molecule is CCN(C(=O)CC(=O)N1CCN(c2ccccc2F)CC1)c1cccc(C)c1. The number of para-hydroxylation sites is 1. The fraction of sp³-hybridized carbons (Fsp3) is 0.364. The molecule has 2 amide bonds. The van der Waals surface area contributed by atoms with Crippen molar-refractivity contribution in [1.29, 1.82) is 0 Å². The predicted molar refractivity (Wildman–Crippen MR) is 109 cm³/mol. The summed E-state index contributed by atoms with van der Waals surface area (Å²) in [6.45, 7) is 6.46. The Morgan fingerprint density at radius 3 is 2.39 bits per heavy atom. The Labute approximate surface area is 165 Å². The van der Waals surface area contributed by atoms with E-state index in [1.165, 1.54) is 6.07 Å². The van der Waals surface area contributed by atoms with Crippen molar-refractivity contribution < 1.29 is 14.0 Å². The van der Waals surface area contributed by atoms with E-state index in [1.807, 2.05) is 43.0 Å². The number of hydrogen-bond acceptors (Lipinski definition) is 3. The van der Waals surface area contributed by atoms with Gasteiger partial charge in [0.15, 0.2) is 0 Å². The third-order valence-electron chi connectivity index (χ3n) is 5.06. The summed E-state index contributed by atoms with van der Waals surface area (Å²) in [5.41, 5.74) is 2.44. The van der Waals surface area contributed by atoms with Gasteiger partial charge in [-0.2, -0.15) is 0 Å². The van der Waals surface area contributed by atoms with E-state index >= 15 is 0 Å². The summed E-state index contributed by atoms with van der Waals surface area (Å²) in [5.74, 6) is -0.631. The minimum atomic E-state index is -0.255. The van der Waals surface area contributed by atoms with Gasteiger partial charge in [0.1, 0.15) is 12.2 Å². The Morgan fingerprint density at radius 2 is 1.75 bits per heavy atom. The number of carbonyl (C=O) groups is 2. The summed E-state index contributed by atoms with van der Waals surface area (Å²) in [5, 5.41) is 0. The molecule has 1 aliphatic heterocycles. The molecule has 0 atom stereocenters. The topological polar surface area (TPSA) is 43.9 Å². The van der Waals surface area contributed by atoms with Crippen molar-refractivity contribution in [3.05, 3.63) is 59.9 Å². The number of halogens is 1. The molecule has 0 saturated carbocycles. The molecule has 0 bridgehead atoms. The van der Waals surface area contributed by atoms with Crippen LogP contribution in [0.5, 0.6) is 0 Å². The van der Waals surface area contributed by atoms with Crippen LogP contribution in [-0.4, -0.2) is 49.4 Å². The highest BCUT2D eigenvalue weighted by atomic mass is 19.1. The molecule has 3 rings (SSSR count). The molecular formula is C22H26FN3O2. The third-order valence-corrected chi connectivity index (χ3v) is 5.06. The minimum absolute atomic E-state index is 0.151. The van der Waals surface area contributed by atoms with E-state index in [9.17, 15) is 14.0 Å². The van der Waals surface area contributed by atoms with E-state index in [1.54, 1.807) is 28.0 Å². The predicted octanol–water partition coefficient (Wildman–Crippen LogP) is 3.23. The van der Waals surface area contributed by atoms with Gasteiger partial charge in [0.05, 0.1) is 5.69 Å². The molecular weight excluding hydrogens is 357 g/mol. The lowest BCUT2D eigenvalue weighted by Gasteiger charge is -2.36. The molecule has 1 heterocycles. The maximum absolute atomic E-state index is 13.9. The van der Waals surface area contributed by atoms with E-state index in [2.05, 4.69) is 0 Å². The van der Waals surface area contributed by atoms with Crippen LogP contribution in [0.1, 0.15) is 18.9 Å². The zero-order valence-electron chi connectivity index (χ0n) is 16.4. The fourth-order valence-corrected chi connectivity index (χ4v) is 3.54. The zero-order chi connectivity index (χ0) is 20.1. The van der Waals surface area contributed by atoms with Gasteiger partial charge < -0.3 is 14.7 Å². The molecule has 0 unspecified atom stereocenters. The Morgan fingerprint density at radius 1 is 1.04 bits per heavy atom. The number of aryl methyl sites for hydroxylation is 1. The molecule has 6 heteroatoms. The highest BCUT2D eigenvalue weighted by Crippen LogP contribution is 2.21. The van der Waals surface area contributed by atoms with E-state index in [-0.39, 0.29) is 24.1 Å². The van der Waals surface area contributed by atoms with Gasteiger partial charge in [0, 0.05) is 38.4 Å². The second kappa shape index (κ2) is 8.87. The van der Waals surface area contributed by atoms with E-state index < -0.39 is 0 Å². The molecule has 148 valence electrons. The monoisotopic (exact) mass is 383 g/mol. The molecule has 0 radical (unpaired) electrons. The first-order valence-electron chi connectivity index (χ1n) is 9.64. The van der Waals surface area contributed by atoms with Crippen molar-refractivity contribution in [2.45, 2.75) is 20.3 Å². The molecule has 5 nitrogen and oxygen atoms in total. The van der Waals surface area contributed by atoms with Gasteiger partial charge in [0.2, 0.25) is 11.8 Å². The number of piperazine rings is 1. The van der Waals surface area contributed by atoms with Crippen LogP contribution in [0.15, 0.2) is 48.5 Å². The van der Waals surface area contributed by atoms with Gasteiger partial charge >= 0.3 is 0 Å². The summed E-state index contributed by atoms with van der Waals surface area (Å²) < 4.78 is 13.9. The molecule has 1 fully saturated rings. The van der Waals surface area contributed by atoms with Gasteiger partial charge in [-0.3, -0.25) is 9.59 Å². The molecule has 1 saturated heterocycles.